The molecule has 0 spiro atoms. The summed E-state index contributed by atoms with van der Waals surface area (Å²) < 4.78 is 55.5. The highest BCUT2D eigenvalue weighted by molar-refractivity contribution is 6.11. The number of anilines is 2. The predicted molar refractivity (Wildman–Crippen MR) is 117 cm³/mol. The number of likely N-dealkylation sites (N-methyl/N-ethyl adjacent to an activating group) is 1. The third-order valence-electron chi connectivity index (χ3n) is 5.63. The number of benzene rings is 1. The topological polar surface area (TPSA) is 90.8 Å². The first-order valence-electron chi connectivity index (χ1n) is 10.3. The third-order valence-corrected chi connectivity index (χ3v) is 5.63. The van der Waals surface area contributed by atoms with Gasteiger partial charge < -0.3 is 15.1 Å². The fourth-order valence-electron chi connectivity index (χ4n) is 3.80. The minimum absolute atomic E-state index is 0.0767. The second kappa shape index (κ2) is 9.29. The summed E-state index contributed by atoms with van der Waals surface area (Å²) in [5.41, 5.74) is -0.443. The van der Waals surface area contributed by atoms with Gasteiger partial charge in [0, 0.05) is 62.0 Å². The average Bonchev–Trinajstić information content (AvgIpc) is 2.80. The summed E-state index contributed by atoms with van der Waals surface area (Å²) in [4.78, 5) is 39.4. The van der Waals surface area contributed by atoms with Gasteiger partial charge in [0.05, 0.1) is 16.9 Å². The normalized spacial score (nSPS) is 19.2. The van der Waals surface area contributed by atoms with Crippen molar-refractivity contribution >= 4 is 29.4 Å². The lowest BCUT2D eigenvalue weighted by molar-refractivity contribution is -0.124. The van der Waals surface area contributed by atoms with Crippen molar-refractivity contribution in [3.8, 4) is 11.1 Å². The third kappa shape index (κ3) is 4.96. The lowest BCUT2D eigenvalue weighted by Crippen LogP contribution is -2.45. The first kappa shape index (κ1) is 23.5. The van der Waals surface area contributed by atoms with Gasteiger partial charge in [0.1, 0.15) is 18.1 Å². The molecule has 3 heterocycles. The Morgan fingerprint density at radius 2 is 1.79 bits per heavy atom. The SMILES string of the molecule is CN1CCN(c2cc(F)c(-c3cncnc3)cc2NC(=O)C2C=NC(=O)C=C2C(F)(F)F)CC1. The van der Waals surface area contributed by atoms with Gasteiger partial charge >= 0.3 is 6.18 Å². The zero-order chi connectivity index (χ0) is 24.5. The number of rotatable bonds is 4. The maximum absolute atomic E-state index is 15.1. The minimum atomic E-state index is -4.90. The number of aliphatic imine (C=N–C) groups is 1. The highest BCUT2D eigenvalue weighted by Gasteiger charge is 2.43. The monoisotopic (exact) mass is 476 g/mol. The van der Waals surface area contributed by atoms with Gasteiger partial charge in [-0.15, -0.1) is 0 Å². The molecule has 4 rings (SSSR count). The van der Waals surface area contributed by atoms with Crippen molar-refractivity contribution in [3.05, 3.63) is 48.3 Å². The minimum Gasteiger partial charge on any atom is -0.367 e. The van der Waals surface area contributed by atoms with E-state index in [9.17, 15) is 22.8 Å². The van der Waals surface area contributed by atoms with Crippen LogP contribution in [0.4, 0.5) is 28.9 Å². The summed E-state index contributed by atoms with van der Waals surface area (Å²) >= 11 is 0. The molecule has 8 nitrogen and oxygen atoms in total. The molecule has 178 valence electrons. The Morgan fingerprint density at radius 3 is 2.44 bits per heavy atom. The molecular weight excluding hydrogens is 456 g/mol. The number of piperazine rings is 1. The average molecular weight is 476 g/mol. The van der Waals surface area contributed by atoms with Crippen LogP contribution in [-0.4, -0.2) is 72.3 Å². The molecule has 2 amide bonds. The summed E-state index contributed by atoms with van der Waals surface area (Å²) in [6.07, 6.45) is 0.124. The van der Waals surface area contributed by atoms with E-state index in [1.807, 2.05) is 11.9 Å². The van der Waals surface area contributed by atoms with Crippen LogP contribution >= 0.6 is 0 Å². The summed E-state index contributed by atoms with van der Waals surface area (Å²) in [5, 5.41) is 2.50. The van der Waals surface area contributed by atoms with Crippen LogP contribution in [0.1, 0.15) is 0 Å². The number of amides is 2. The number of carbonyl (C=O) groups excluding carboxylic acids is 2. The quantitative estimate of drug-likeness (QED) is 0.683. The Kier molecular flexibility index (Phi) is 6.42. The van der Waals surface area contributed by atoms with E-state index in [0.717, 1.165) is 0 Å². The molecule has 1 aromatic heterocycles. The molecule has 1 unspecified atom stereocenters. The first-order chi connectivity index (χ1) is 16.1. The van der Waals surface area contributed by atoms with Gasteiger partial charge in [-0.1, -0.05) is 0 Å². The molecule has 34 heavy (non-hydrogen) atoms. The van der Waals surface area contributed by atoms with Crippen LogP contribution in [0.3, 0.4) is 0 Å². The lowest BCUT2D eigenvalue weighted by Gasteiger charge is -2.35. The Hall–Kier alpha value is -3.67. The van der Waals surface area contributed by atoms with Crippen LogP contribution in [0.15, 0.2) is 47.5 Å². The number of hydrogen-bond donors (Lipinski definition) is 1. The fourth-order valence-corrected chi connectivity index (χ4v) is 3.80. The van der Waals surface area contributed by atoms with Crippen molar-refractivity contribution in [2.24, 2.45) is 10.9 Å². The molecule has 1 N–H and O–H groups in total. The maximum Gasteiger partial charge on any atom is 0.414 e. The van der Waals surface area contributed by atoms with Gasteiger partial charge in [-0.2, -0.15) is 13.2 Å². The Morgan fingerprint density at radius 1 is 1.12 bits per heavy atom. The molecule has 0 aliphatic carbocycles. The number of dihydropyridines is 1. The molecule has 1 fully saturated rings. The Bertz CT molecular complexity index is 1160. The van der Waals surface area contributed by atoms with E-state index in [0.29, 0.717) is 49.7 Å². The van der Waals surface area contributed by atoms with E-state index in [-0.39, 0.29) is 11.3 Å². The molecule has 2 aliphatic rings. The van der Waals surface area contributed by atoms with Gasteiger partial charge in [-0.25, -0.2) is 19.4 Å². The lowest BCUT2D eigenvalue weighted by atomic mass is 9.95. The van der Waals surface area contributed by atoms with E-state index in [1.54, 1.807) is 0 Å². The van der Waals surface area contributed by atoms with Crippen LogP contribution < -0.4 is 10.2 Å². The van der Waals surface area contributed by atoms with Gasteiger partial charge in [0.15, 0.2) is 0 Å². The van der Waals surface area contributed by atoms with E-state index in [1.165, 1.54) is 30.9 Å². The molecule has 0 radical (unpaired) electrons. The molecule has 1 aromatic carbocycles. The largest absolute Gasteiger partial charge is 0.414 e. The number of halogens is 4. The van der Waals surface area contributed by atoms with Crippen LogP contribution in [0.25, 0.3) is 11.1 Å². The highest BCUT2D eigenvalue weighted by atomic mass is 19.4. The van der Waals surface area contributed by atoms with Gasteiger partial charge in [0.2, 0.25) is 5.91 Å². The molecular formula is C22H20F4N6O2. The molecule has 1 saturated heterocycles. The van der Waals surface area contributed by atoms with Crippen molar-refractivity contribution in [3.63, 3.8) is 0 Å². The molecule has 2 aliphatic heterocycles. The number of alkyl halides is 3. The smallest absolute Gasteiger partial charge is 0.367 e. The zero-order valence-corrected chi connectivity index (χ0v) is 18.0. The van der Waals surface area contributed by atoms with E-state index in [4.69, 9.17) is 0 Å². The number of nitrogens with one attached hydrogen (secondary N) is 1. The number of nitrogens with zero attached hydrogens (tertiary/aromatic N) is 5. The van der Waals surface area contributed by atoms with Gasteiger partial charge in [-0.3, -0.25) is 9.59 Å². The summed E-state index contributed by atoms with van der Waals surface area (Å²) in [5.74, 6) is -4.56. The molecule has 0 bridgehead atoms. The van der Waals surface area contributed by atoms with Crippen molar-refractivity contribution < 1.29 is 27.2 Å². The van der Waals surface area contributed by atoms with Crippen molar-refractivity contribution in [2.45, 2.75) is 6.18 Å². The maximum atomic E-state index is 15.1. The zero-order valence-electron chi connectivity index (χ0n) is 18.0. The first-order valence-corrected chi connectivity index (χ1v) is 10.3. The molecule has 2 aromatic rings. The summed E-state index contributed by atoms with van der Waals surface area (Å²) in [7, 11) is 1.94. The van der Waals surface area contributed by atoms with E-state index in [2.05, 4.69) is 25.2 Å². The van der Waals surface area contributed by atoms with E-state index < -0.39 is 35.3 Å². The van der Waals surface area contributed by atoms with Crippen molar-refractivity contribution in [1.29, 1.82) is 0 Å². The second-order valence-electron chi connectivity index (χ2n) is 7.95. The predicted octanol–water partition coefficient (Wildman–Crippen LogP) is 2.69. The van der Waals surface area contributed by atoms with Crippen LogP contribution in [-0.2, 0) is 9.59 Å². The molecule has 12 heteroatoms. The highest BCUT2D eigenvalue weighted by Crippen LogP contribution is 2.37. The van der Waals surface area contributed by atoms with Crippen LogP contribution in [0, 0.1) is 11.7 Å². The van der Waals surface area contributed by atoms with Crippen LogP contribution in [0.5, 0.6) is 0 Å². The number of aromatic nitrogens is 2. The fraction of sp³-hybridized carbons (Fsp3) is 0.318. The van der Waals surface area contributed by atoms with Gasteiger partial charge in [-0.05, 0) is 19.2 Å². The Balaban J connectivity index is 1.72. The summed E-state index contributed by atoms with van der Waals surface area (Å²) in [6, 6.07) is 2.59. The number of carbonyl (C=O) groups is 2. The van der Waals surface area contributed by atoms with E-state index >= 15 is 4.39 Å². The summed E-state index contributed by atoms with van der Waals surface area (Å²) in [6.45, 7) is 2.42. The van der Waals surface area contributed by atoms with Crippen molar-refractivity contribution in [2.75, 3.05) is 43.4 Å². The van der Waals surface area contributed by atoms with Gasteiger partial charge in [0.25, 0.3) is 5.91 Å². The second-order valence-corrected chi connectivity index (χ2v) is 7.95. The van der Waals surface area contributed by atoms with Crippen molar-refractivity contribution in [1.82, 2.24) is 14.9 Å². The molecule has 0 saturated carbocycles. The molecule has 1 atom stereocenters. The standard InChI is InChI=1S/C22H20F4N6O2/c1-31-2-4-32(5-3-31)19-8-17(23)14(13-9-27-12-28-10-13)6-18(19)30-21(34)15-11-29-20(33)7-16(15)22(24,25)26/h6-12,15H,2-5H2,1H3,(H,30,34). The Labute approximate surface area is 192 Å². The number of hydrogen-bond acceptors (Lipinski definition) is 6. The van der Waals surface area contributed by atoms with Crippen LogP contribution in [0.2, 0.25) is 0 Å².